The Morgan fingerprint density at radius 2 is 1.70 bits per heavy atom. The number of benzene rings is 2. The number of halogens is 1. The second-order valence-electron chi connectivity index (χ2n) is 4.60. The van der Waals surface area contributed by atoms with Gasteiger partial charge in [0.2, 0.25) is 0 Å². The maximum absolute atomic E-state index is 12.1. The predicted molar refractivity (Wildman–Crippen MR) is 90.2 cm³/mol. The molecule has 0 aliphatic rings. The summed E-state index contributed by atoms with van der Waals surface area (Å²) in [6.07, 6.45) is 1.39. The van der Waals surface area contributed by atoms with Crippen LogP contribution in [-0.4, -0.2) is 24.1 Å². The summed E-state index contributed by atoms with van der Waals surface area (Å²) in [5, 5.41) is 11.7. The fraction of sp³-hybridized carbons (Fsp3) is 0.0588. The highest BCUT2D eigenvalue weighted by molar-refractivity contribution is 9.10. The number of carbonyl (C=O) groups excluding carboxylic acids is 1. The number of hydrogen-bond donors (Lipinski definition) is 2. The Kier molecular flexibility index (Phi) is 5.54. The average molecular weight is 376 g/mol. The van der Waals surface area contributed by atoms with E-state index in [9.17, 15) is 14.7 Å². The van der Waals surface area contributed by atoms with Gasteiger partial charge in [-0.2, -0.15) is 0 Å². The molecule has 118 valence electrons. The molecule has 2 rings (SSSR count). The number of nitrogens with one attached hydrogen (secondary N) is 1. The SMILES string of the molecule is COc1ccc(/C=C(/NC(=O)c2ccc(Br)cc2)C(=O)O)cc1. The van der Waals surface area contributed by atoms with Gasteiger partial charge >= 0.3 is 5.97 Å². The molecule has 6 heteroatoms. The minimum Gasteiger partial charge on any atom is -0.497 e. The Bertz CT molecular complexity index is 736. The zero-order valence-corrected chi connectivity index (χ0v) is 13.8. The van der Waals surface area contributed by atoms with E-state index in [2.05, 4.69) is 21.2 Å². The van der Waals surface area contributed by atoms with Crippen molar-refractivity contribution >= 4 is 33.9 Å². The molecule has 1 amide bonds. The van der Waals surface area contributed by atoms with Gasteiger partial charge in [-0.05, 0) is 48.0 Å². The molecule has 2 N–H and O–H groups in total. The Balaban J connectivity index is 2.20. The van der Waals surface area contributed by atoms with E-state index >= 15 is 0 Å². The molecular weight excluding hydrogens is 362 g/mol. The van der Waals surface area contributed by atoms with Crippen LogP contribution in [0.25, 0.3) is 6.08 Å². The molecule has 0 aliphatic heterocycles. The van der Waals surface area contributed by atoms with Gasteiger partial charge in [0.25, 0.3) is 5.91 Å². The largest absolute Gasteiger partial charge is 0.497 e. The molecule has 23 heavy (non-hydrogen) atoms. The van der Waals surface area contributed by atoms with Gasteiger partial charge in [-0.1, -0.05) is 28.1 Å². The fourth-order valence-electron chi connectivity index (χ4n) is 1.81. The molecular formula is C17H14BrNO4. The maximum atomic E-state index is 12.1. The van der Waals surface area contributed by atoms with Crippen LogP contribution in [-0.2, 0) is 4.79 Å². The number of amides is 1. The van der Waals surface area contributed by atoms with E-state index in [1.54, 1.807) is 55.6 Å². The summed E-state index contributed by atoms with van der Waals surface area (Å²) in [6.45, 7) is 0. The first kappa shape index (κ1) is 16.8. The minimum absolute atomic E-state index is 0.205. The lowest BCUT2D eigenvalue weighted by Gasteiger charge is -2.07. The van der Waals surface area contributed by atoms with Crippen molar-refractivity contribution in [1.82, 2.24) is 5.32 Å². The van der Waals surface area contributed by atoms with E-state index < -0.39 is 11.9 Å². The lowest BCUT2D eigenvalue weighted by Crippen LogP contribution is -2.27. The topological polar surface area (TPSA) is 75.6 Å². The maximum Gasteiger partial charge on any atom is 0.352 e. The van der Waals surface area contributed by atoms with Crippen molar-refractivity contribution in [1.29, 1.82) is 0 Å². The van der Waals surface area contributed by atoms with Crippen LogP contribution in [0, 0.1) is 0 Å². The quantitative estimate of drug-likeness (QED) is 0.786. The summed E-state index contributed by atoms with van der Waals surface area (Å²) >= 11 is 3.28. The van der Waals surface area contributed by atoms with Crippen LogP contribution in [0.1, 0.15) is 15.9 Å². The smallest absolute Gasteiger partial charge is 0.352 e. The molecule has 0 aliphatic carbocycles. The van der Waals surface area contributed by atoms with Crippen LogP contribution in [0.3, 0.4) is 0 Å². The molecule has 0 spiro atoms. The third-order valence-electron chi connectivity index (χ3n) is 3.01. The third-order valence-corrected chi connectivity index (χ3v) is 3.54. The first-order valence-corrected chi connectivity index (χ1v) is 7.45. The van der Waals surface area contributed by atoms with E-state index in [-0.39, 0.29) is 5.70 Å². The van der Waals surface area contributed by atoms with E-state index in [0.717, 1.165) is 4.47 Å². The van der Waals surface area contributed by atoms with Crippen LogP contribution in [0.2, 0.25) is 0 Å². The normalized spacial score (nSPS) is 11.0. The minimum atomic E-state index is -1.22. The van der Waals surface area contributed by atoms with Crippen molar-refractivity contribution < 1.29 is 19.4 Å². The van der Waals surface area contributed by atoms with Crippen LogP contribution in [0.4, 0.5) is 0 Å². The molecule has 0 radical (unpaired) electrons. The second-order valence-corrected chi connectivity index (χ2v) is 5.51. The number of carboxylic acids is 1. The van der Waals surface area contributed by atoms with Crippen molar-refractivity contribution in [3.63, 3.8) is 0 Å². The summed E-state index contributed by atoms with van der Waals surface area (Å²) in [7, 11) is 1.55. The van der Waals surface area contributed by atoms with E-state index in [4.69, 9.17) is 4.74 Å². The zero-order chi connectivity index (χ0) is 16.8. The molecule has 2 aromatic rings. The summed E-state index contributed by atoms with van der Waals surface area (Å²) in [5.41, 5.74) is 0.803. The summed E-state index contributed by atoms with van der Waals surface area (Å²) in [4.78, 5) is 23.4. The first-order chi connectivity index (χ1) is 11.0. The van der Waals surface area contributed by atoms with E-state index in [1.165, 1.54) is 6.08 Å². The molecule has 0 atom stereocenters. The first-order valence-electron chi connectivity index (χ1n) is 6.65. The summed E-state index contributed by atoms with van der Waals surface area (Å²) in [5.74, 6) is -1.04. The van der Waals surface area contributed by atoms with Crippen LogP contribution >= 0.6 is 15.9 Å². The highest BCUT2D eigenvalue weighted by Gasteiger charge is 2.13. The Hall–Kier alpha value is -2.60. The van der Waals surface area contributed by atoms with Gasteiger partial charge in [0.15, 0.2) is 0 Å². The second kappa shape index (κ2) is 7.60. The van der Waals surface area contributed by atoms with Gasteiger partial charge in [-0.15, -0.1) is 0 Å². The molecule has 5 nitrogen and oxygen atoms in total. The lowest BCUT2D eigenvalue weighted by molar-refractivity contribution is -0.132. The molecule has 0 bridgehead atoms. The van der Waals surface area contributed by atoms with Gasteiger partial charge in [-0.25, -0.2) is 4.79 Å². The van der Waals surface area contributed by atoms with Gasteiger partial charge in [0.1, 0.15) is 11.4 Å². The lowest BCUT2D eigenvalue weighted by atomic mass is 10.1. The highest BCUT2D eigenvalue weighted by atomic mass is 79.9. The van der Waals surface area contributed by atoms with E-state index in [1.807, 2.05) is 0 Å². The van der Waals surface area contributed by atoms with Crippen molar-refractivity contribution in [3.05, 3.63) is 69.8 Å². The number of rotatable bonds is 5. The van der Waals surface area contributed by atoms with Crippen LogP contribution in [0.15, 0.2) is 58.7 Å². The molecule has 0 fully saturated rings. The monoisotopic (exact) mass is 375 g/mol. The van der Waals surface area contributed by atoms with Crippen molar-refractivity contribution in [2.45, 2.75) is 0 Å². The fourth-order valence-corrected chi connectivity index (χ4v) is 2.08. The molecule has 0 saturated carbocycles. The van der Waals surface area contributed by atoms with Crippen LogP contribution < -0.4 is 10.1 Å². The number of ether oxygens (including phenoxy) is 1. The molecule has 2 aromatic carbocycles. The van der Waals surface area contributed by atoms with Gasteiger partial charge < -0.3 is 15.2 Å². The average Bonchev–Trinajstić information content (AvgIpc) is 2.55. The molecule has 0 unspecified atom stereocenters. The summed E-state index contributed by atoms with van der Waals surface area (Å²) < 4.78 is 5.88. The molecule has 0 heterocycles. The van der Waals surface area contributed by atoms with Gasteiger partial charge in [-0.3, -0.25) is 4.79 Å². The number of aliphatic carboxylic acids is 1. The van der Waals surface area contributed by atoms with Crippen molar-refractivity contribution in [2.75, 3.05) is 7.11 Å². The third kappa shape index (κ3) is 4.69. The van der Waals surface area contributed by atoms with E-state index in [0.29, 0.717) is 16.9 Å². The zero-order valence-electron chi connectivity index (χ0n) is 12.2. The molecule has 0 aromatic heterocycles. The Morgan fingerprint density at radius 3 is 2.22 bits per heavy atom. The standard InChI is InChI=1S/C17H14BrNO4/c1-23-14-8-2-11(3-9-14)10-15(17(21)22)19-16(20)12-4-6-13(18)7-5-12/h2-10H,1H3,(H,19,20)(H,21,22)/b15-10+. The molecule has 0 saturated heterocycles. The highest BCUT2D eigenvalue weighted by Crippen LogP contribution is 2.14. The number of hydrogen-bond acceptors (Lipinski definition) is 3. The van der Waals surface area contributed by atoms with Crippen molar-refractivity contribution in [3.8, 4) is 5.75 Å². The number of carbonyl (C=O) groups is 2. The van der Waals surface area contributed by atoms with Gasteiger partial charge in [0.05, 0.1) is 7.11 Å². The van der Waals surface area contributed by atoms with Crippen LogP contribution in [0.5, 0.6) is 5.75 Å². The van der Waals surface area contributed by atoms with Gasteiger partial charge in [0, 0.05) is 10.0 Å². The Labute approximate surface area is 141 Å². The van der Waals surface area contributed by atoms with Crippen molar-refractivity contribution in [2.24, 2.45) is 0 Å². The summed E-state index contributed by atoms with van der Waals surface area (Å²) in [6, 6.07) is 13.5. The number of methoxy groups -OCH3 is 1. The number of carboxylic acid groups (broad SMARTS) is 1. The Morgan fingerprint density at radius 1 is 1.09 bits per heavy atom. The predicted octanol–water partition coefficient (Wildman–Crippen LogP) is 3.31.